The van der Waals surface area contributed by atoms with E-state index in [2.05, 4.69) is 29.7 Å². The number of halogens is 1. The Labute approximate surface area is 127 Å². The largest absolute Gasteiger partial charge is 0.383 e. The maximum atomic E-state index is 11.8. The molecule has 2 N–H and O–H groups in total. The molecule has 5 heteroatoms. The van der Waals surface area contributed by atoms with Gasteiger partial charge in [0.25, 0.3) is 0 Å². The van der Waals surface area contributed by atoms with Gasteiger partial charge in [0.15, 0.2) is 0 Å². The summed E-state index contributed by atoms with van der Waals surface area (Å²) in [5.41, 5.74) is 1.20. The first kappa shape index (κ1) is 18.9. The smallest absolute Gasteiger partial charge is 0.220 e. The summed E-state index contributed by atoms with van der Waals surface area (Å²) in [5.74, 6) is 0.354. The standard InChI is InChI=1S/C15H24N2O2.ClH/c1-13(14-6-4-3-5-7-14)12-15(18)17-9-8-16-10-11-19-2;/h3-7,13,16H,8-12H2,1-2H3,(H,17,18);1H. The fourth-order valence-corrected chi connectivity index (χ4v) is 1.84. The maximum Gasteiger partial charge on any atom is 0.220 e. The SMILES string of the molecule is COCCNCCNC(=O)CC(C)c1ccccc1.Cl. The molecule has 0 spiro atoms. The predicted octanol–water partition coefficient (Wildman–Crippen LogP) is 1.95. The number of ether oxygens (including phenoxy) is 1. The second-order valence-corrected chi connectivity index (χ2v) is 4.61. The molecule has 0 aliphatic carbocycles. The number of rotatable bonds is 9. The Hall–Kier alpha value is -1.10. The molecular weight excluding hydrogens is 276 g/mol. The molecule has 20 heavy (non-hydrogen) atoms. The number of amides is 1. The van der Waals surface area contributed by atoms with E-state index in [0.717, 1.165) is 13.1 Å². The second-order valence-electron chi connectivity index (χ2n) is 4.61. The third-order valence-electron chi connectivity index (χ3n) is 2.97. The number of carbonyl (C=O) groups excluding carboxylic acids is 1. The zero-order valence-electron chi connectivity index (χ0n) is 12.2. The normalized spacial score (nSPS) is 11.5. The summed E-state index contributed by atoms with van der Waals surface area (Å²) in [4.78, 5) is 11.8. The highest BCUT2D eigenvalue weighted by molar-refractivity contribution is 5.85. The van der Waals surface area contributed by atoms with Crippen LogP contribution in [0.4, 0.5) is 0 Å². The maximum absolute atomic E-state index is 11.8. The van der Waals surface area contributed by atoms with Crippen LogP contribution < -0.4 is 10.6 Å². The van der Waals surface area contributed by atoms with Gasteiger partial charge in [0.2, 0.25) is 5.91 Å². The Morgan fingerprint density at radius 2 is 1.90 bits per heavy atom. The van der Waals surface area contributed by atoms with Crippen LogP contribution in [-0.4, -0.2) is 39.3 Å². The molecule has 1 rings (SSSR count). The van der Waals surface area contributed by atoms with E-state index in [9.17, 15) is 4.79 Å². The first-order chi connectivity index (χ1) is 9.24. The molecule has 0 saturated carbocycles. The minimum absolute atomic E-state index is 0. The van der Waals surface area contributed by atoms with Crippen molar-refractivity contribution in [2.45, 2.75) is 19.3 Å². The number of methoxy groups -OCH3 is 1. The molecule has 0 aliphatic heterocycles. The second kappa shape index (κ2) is 11.7. The van der Waals surface area contributed by atoms with Crippen molar-refractivity contribution in [1.29, 1.82) is 0 Å². The van der Waals surface area contributed by atoms with Crippen molar-refractivity contribution in [1.82, 2.24) is 10.6 Å². The van der Waals surface area contributed by atoms with Gasteiger partial charge in [-0.05, 0) is 11.5 Å². The first-order valence-corrected chi connectivity index (χ1v) is 6.75. The van der Waals surface area contributed by atoms with E-state index < -0.39 is 0 Å². The summed E-state index contributed by atoms with van der Waals surface area (Å²) in [6.45, 7) is 5.01. The van der Waals surface area contributed by atoms with Gasteiger partial charge in [0.05, 0.1) is 6.61 Å². The summed E-state index contributed by atoms with van der Waals surface area (Å²) in [7, 11) is 1.68. The minimum atomic E-state index is 0. The lowest BCUT2D eigenvalue weighted by atomic mass is 9.98. The van der Waals surface area contributed by atoms with E-state index in [1.54, 1.807) is 7.11 Å². The average molecular weight is 301 g/mol. The van der Waals surface area contributed by atoms with Crippen molar-refractivity contribution in [3.05, 3.63) is 35.9 Å². The lowest BCUT2D eigenvalue weighted by molar-refractivity contribution is -0.121. The van der Waals surface area contributed by atoms with E-state index in [4.69, 9.17) is 4.74 Å². The van der Waals surface area contributed by atoms with Crippen LogP contribution in [0.15, 0.2) is 30.3 Å². The Morgan fingerprint density at radius 1 is 1.20 bits per heavy atom. The van der Waals surface area contributed by atoms with Crippen LogP contribution in [0, 0.1) is 0 Å². The fraction of sp³-hybridized carbons (Fsp3) is 0.533. The highest BCUT2D eigenvalue weighted by atomic mass is 35.5. The molecule has 0 aliphatic rings. The number of hydrogen-bond donors (Lipinski definition) is 2. The van der Waals surface area contributed by atoms with Gasteiger partial charge >= 0.3 is 0 Å². The van der Waals surface area contributed by atoms with Crippen molar-refractivity contribution in [3.63, 3.8) is 0 Å². The quantitative estimate of drug-likeness (QED) is 0.686. The number of carbonyl (C=O) groups is 1. The van der Waals surface area contributed by atoms with Gasteiger partial charge < -0.3 is 15.4 Å². The summed E-state index contributed by atoms with van der Waals surface area (Å²) in [6, 6.07) is 10.1. The van der Waals surface area contributed by atoms with E-state index in [-0.39, 0.29) is 24.2 Å². The molecule has 0 heterocycles. The van der Waals surface area contributed by atoms with E-state index >= 15 is 0 Å². The summed E-state index contributed by atoms with van der Waals surface area (Å²) < 4.78 is 4.92. The van der Waals surface area contributed by atoms with Gasteiger partial charge in [0, 0.05) is 33.2 Å². The molecule has 1 atom stereocenters. The van der Waals surface area contributed by atoms with Gasteiger partial charge in [-0.3, -0.25) is 4.79 Å². The highest BCUT2D eigenvalue weighted by Gasteiger charge is 2.10. The van der Waals surface area contributed by atoms with E-state index in [1.807, 2.05) is 18.2 Å². The molecule has 4 nitrogen and oxygen atoms in total. The monoisotopic (exact) mass is 300 g/mol. The minimum Gasteiger partial charge on any atom is -0.383 e. The third kappa shape index (κ3) is 8.15. The van der Waals surface area contributed by atoms with Crippen molar-refractivity contribution in [2.75, 3.05) is 33.4 Å². The summed E-state index contributed by atoms with van der Waals surface area (Å²) >= 11 is 0. The van der Waals surface area contributed by atoms with Crippen molar-refractivity contribution < 1.29 is 9.53 Å². The molecule has 1 amide bonds. The Balaban J connectivity index is 0.00000361. The Kier molecular flexibility index (Phi) is 11.1. The van der Waals surface area contributed by atoms with Crippen LogP contribution in [0.1, 0.15) is 24.8 Å². The van der Waals surface area contributed by atoms with Crippen LogP contribution >= 0.6 is 12.4 Å². The molecule has 0 saturated heterocycles. The Bertz CT molecular complexity index is 360. The predicted molar refractivity (Wildman–Crippen MR) is 84.5 cm³/mol. The molecule has 0 fully saturated rings. The van der Waals surface area contributed by atoms with Crippen LogP contribution in [0.3, 0.4) is 0 Å². The fourth-order valence-electron chi connectivity index (χ4n) is 1.84. The van der Waals surface area contributed by atoms with Gasteiger partial charge in [-0.25, -0.2) is 0 Å². The third-order valence-corrected chi connectivity index (χ3v) is 2.97. The number of nitrogens with one attached hydrogen (secondary N) is 2. The van der Waals surface area contributed by atoms with Crippen LogP contribution in [0.2, 0.25) is 0 Å². The zero-order valence-corrected chi connectivity index (χ0v) is 13.0. The topological polar surface area (TPSA) is 50.4 Å². The van der Waals surface area contributed by atoms with E-state index in [0.29, 0.717) is 19.6 Å². The first-order valence-electron chi connectivity index (χ1n) is 6.75. The molecule has 1 unspecified atom stereocenters. The zero-order chi connectivity index (χ0) is 13.9. The van der Waals surface area contributed by atoms with Crippen molar-refractivity contribution in [2.24, 2.45) is 0 Å². The molecule has 0 aromatic heterocycles. The van der Waals surface area contributed by atoms with E-state index in [1.165, 1.54) is 5.56 Å². The van der Waals surface area contributed by atoms with Crippen molar-refractivity contribution >= 4 is 18.3 Å². The Morgan fingerprint density at radius 3 is 2.55 bits per heavy atom. The summed E-state index contributed by atoms with van der Waals surface area (Å²) in [6.07, 6.45) is 0.530. The highest BCUT2D eigenvalue weighted by Crippen LogP contribution is 2.17. The van der Waals surface area contributed by atoms with Crippen molar-refractivity contribution in [3.8, 4) is 0 Å². The summed E-state index contributed by atoms with van der Waals surface area (Å²) in [5, 5.41) is 6.10. The van der Waals surface area contributed by atoms with Crippen LogP contribution in [0.5, 0.6) is 0 Å². The van der Waals surface area contributed by atoms with Gasteiger partial charge in [0.1, 0.15) is 0 Å². The lowest BCUT2D eigenvalue weighted by Gasteiger charge is -2.12. The van der Waals surface area contributed by atoms with Crippen LogP contribution in [-0.2, 0) is 9.53 Å². The lowest BCUT2D eigenvalue weighted by Crippen LogP contribution is -2.33. The molecule has 0 radical (unpaired) electrons. The van der Waals surface area contributed by atoms with Gasteiger partial charge in [-0.15, -0.1) is 12.4 Å². The van der Waals surface area contributed by atoms with Gasteiger partial charge in [-0.2, -0.15) is 0 Å². The number of hydrogen-bond acceptors (Lipinski definition) is 3. The average Bonchev–Trinajstić information content (AvgIpc) is 2.43. The van der Waals surface area contributed by atoms with Gasteiger partial charge in [-0.1, -0.05) is 37.3 Å². The molecule has 1 aromatic rings. The van der Waals surface area contributed by atoms with Crippen LogP contribution in [0.25, 0.3) is 0 Å². The molecular formula is C15H25ClN2O2. The molecule has 0 bridgehead atoms. The molecule has 1 aromatic carbocycles. The number of benzene rings is 1. The molecule has 114 valence electrons.